The van der Waals surface area contributed by atoms with Crippen LogP contribution in [0.1, 0.15) is 25.3 Å². The fourth-order valence-electron chi connectivity index (χ4n) is 4.34. The molecule has 13 heteroatoms. The number of benzene rings is 2. The third kappa shape index (κ3) is 7.91. The van der Waals surface area contributed by atoms with E-state index in [1.807, 2.05) is 0 Å². The highest BCUT2D eigenvalue weighted by molar-refractivity contribution is 7.87. The molecule has 2 fully saturated rings. The number of anilines is 1. The largest absolute Gasteiger partial charge is 0.493 e. The Balaban J connectivity index is 1.44. The maximum Gasteiger partial charge on any atom is 0.293 e. The first-order valence-corrected chi connectivity index (χ1v) is 15.0. The fourth-order valence-corrected chi connectivity index (χ4v) is 5.71. The molecule has 0 bridgehead atoms. The molecule has 0 unspecified atom stereocenters. The highest BCUT2D eigenvalue weighted by Gasteiger charge is 2.39. The zero-order chi connectivity index (χ0) is 29.6. The van der Waals surface area contributed by atoms with Crippen molar-refractivity contribution in [3.63, 3.8) is 0 Å². The monoisotopic (exact) mass is 605 g/mol. The van der Waals surface area contributed by atoms with E-state index in [1.54, 1.807) is 47.4 Å². The van der Waals surface area contributed by atoms with Crippen molar-refractivity contribution in [2.45, 2.75) is 26.3 Å². The molecule has 0 radical (unpaired) electrons. The maximum atomic E-state index is 13.3. The Morgan fingerprint density at radius 3 is 2.39 bits per heavy atom. The molecule has 1 saturated carbocycles. The molecule has 0 aromatic heterocycles. The number of amides is 1. The minimum atomic E-state index is -3.79. The number of halogens is 1. The van der Waals surface area contributed by atoms with E-state index < -0.39 is 16.1 Å². The minimum absolute atomic E-state index is 0.00106. The van der Waals surface area contributed by atoms with Gasteiger partial charge >= 0.3 is 0 Å². The highest BCUT2D eigenvalue weighted by atomic mass is 35.5. The van der Waals surface area contributed by atoms with Gasteiger partial charge in [-0.2, -0.15) is 17.4 Å². The molecule has 4 rings (SSSR count). The molecular formula is C28H36ClN5O6S. The van der Waals surface area contributed by atoms with Crippen LogP contribution in [0.25, 0.3) is 0 Å². The van der Waals surface area contributed by atoms with E-state index in [4.69, 9.17) is 31.2 Å². The molecule has 1 heterocycles. The van der Waals surface area contributed by atoms with Crippen molar-refractivity contribution in [1.82, 2.24) is 13.9 Å². The summed E-state index contributed by atoms with van der Waals surface area (Å²) in [6.07, 6.45) is 3.09. The van der Waals surface area contributed by atoms with Gasteiger partial charge in [-0.05, 0) is 48.7 Å². The summed E-state index contributed by atoms with van der Waals surface area (Å²) < 4.78 is 46.7. The molecule has 222 valence electrons. The van der Waals surface area contributed by atoms with Gasteiger partial charge in [0.25, 0.3) is 16.1 Å². The average molecular weight is 606 g/mol. The van der Waals surface area contributed by atoms with Crippen LogP contribution in [0.2, 0.25) is 5.02 Å². The van der Waals surface area contributed by atoms with E-state index in [9.17, 15) is 13.2 Å². The summed E-state index contributed by atoms with van der Waals surface area (Å²) in [5.74, 6) is 0.593. The number of methoxy groups -OCH3 is 2. The molecule has 2 aromatic carbocycles. The second-order valence-corrected chi connectivity index (χ2v) is 12.5. The molecular weight excluding hydrogens is 570 g/mol. The smallest absolute Gasteiger partial charge is 0.293 e. The first kappa shape index (κ1) is 30.6. The van der Waals surface area contributed by atoms with Crippen LogP contribution in [0, 0.1) is 10.8 Å². The third-order valence-electron chi connectivity index (χ3n) is 7.15. The lowest BCUT2D eigenvalue weighted by Gasteiger charge is -2.36. The number of ether oxygens (including phenoxy) is 3. The number of carbonyl (C=O) groups excluding carboxylic acids is 1. The standard InChI is InChI=1S/C28H36ClN5O6S/c1-28(9-10-28)19-40-26(27(35)32-22-6-4-5-21(29)16-22)23(17-30)33-11-13-34(14-12-33)41(36,37)31-18-20-7-8-24(38-2)25(15-20)39-3/h4-8,15-17,30-31H,9-14,18-19H2,1-3H3,(H,32,35)/b26-23-,30-17?. The van der Waals surface area contributed by atoms with Crippen LogP contribution in [0.3, 0.4) is 0 Å². The molecule has 11 nitrogen and oxygen atoms in total. The van der Waals surface area contributed by atoms with Crippen LogP contribution < -0.4 is 19.5 Å². The second-order valence-electron chi connectivity index (χ2n) is 10.3. The van der Waals surface area contributed by atoms with Gasteiger partial charge in [0.1, 0.15) is 5.70 Å². The Labute approximate surface area is 246 Å². The van der Waals surface area contributed by atoms with Crippen LogP contribution in [-0.4, -0.2) is 76.8 Å². The molecule has 3 N–H and O–H groups in total. The van der Waals surface area contributed by atoms with Crippen LogP contribution in [0.5, 0.6) is 11.5 Å². The number of hydrogen-bond donors (Lipinski definition) is 3. The summed E-state index contributed by atoms with van der Waals surface area (Å²) in [5, 5.41) is 11.4. The van der Waals surface area contributed by atoms with E-state index >= 15 is 0 Å². The van der Waals surface area contributed by atoms with E-state index in [0.717, 1.165) is 24.6 Å². The predicted octanol–water partition coefficient (Wildman–Crippen LogP) is 3.63. The van der Waals surface area contributed by atoms with Crippen molar-refractivity contribution >= 4 is 39.6 Å². The summed E-state index contributed by atoms with van der Waals surface area (Å²) in [7, 11) is -0.732. The molecule has 2 aromatic rings. The van der Waals surface area contributed by atoms with Gasteiger partial charge in [-0.15, -0.1) is 0 Å². The Bertz CT molecular complexity index is 1400. The lowest BCUT2D eigenvalue weighted by Crippen LogP contribution is -2.52. The quantitative estimate of drug-likeness (QED) is 0.180. The Kier molecular flexibility index (Phi) is 9.80. The van der Waals surface area contributed by atoms with E-state index in [0.29, 0.717) is 34.5 Å². The number of nitrogens with zero attached hydrogens (tertiary/aromatic N) is 2. The van der Waals surface area contributed by atoms with Crippen molar-refractivity contribution in [2.75, 3.05) is 52.3 Å². The molecule has 1 aliphatic heterocycles. The van der Waals surface area contributed by atoms with Gasteiger partial charge in [0.15, 0.2) is 11.5 Å². The summed E-state index contributed by atoms with van der Waals surface area (Å²) in [6, 6.07) is 12.0. The lowest BCUT2D eigenvalue weighted by atomic mass is 10.2. The zero-order valence-corrected chi connectivity index (χ0v) is 25.0. The number of carbonyl (C=O) groups is 1. The van der Waals surface area contributed by atoms with Crippen LogP contribution in [0.15, 0.2) is 53.9 Å². The number of piperazine rings is 1. The van der Waals surface area contributed by atoms with Gasteiger partial charge in [0.05, 0.1) is 20.8 Å². The first-order chi connectivity index (χ1) is 19.6. The van der Waals surface area contributed by atoms with Crippen LogP contribution >= 0.6 is 11.6 Å². The predicted molar refractivity (Wildman–Crippen MR) is 158 cm³/mol. The first-order valence-electron chi connectivity index (χ1n) is 13.2. The molecule has 2 aliphatic rings. The van der Waals surface area contributed by atoms with E-state index in [-0.39, 0.29) is 43.9 Å². The lowest BCUT2D eigenvalue weighted by molar-refractivity contribution is -0.116. The topological polar surface area (TPSA) is 133 Å². The highest BCUT2D eigenvalue weighted by Crippen LogP contribution is 2.45. The van der Waals surface area contributed by atoms with Gasteiger partial charge in [-0.25, -0.2) is 0 Å². The van der Waals surface area contributed by atoms with Gasteiger partial charge in [-0.3, -0.25) is 4.79 Å². The summed E-state index contributed by atoms with van der Waals surface area (Å²) in [6.45, 7) is 3.39. The van der Waals surface area contributed by atoms with Crippen LogP contribution in [0.4, 0.5) is 5.69 Å². The number of hydrogen-bond acceptors (Lipinski definition) is 8. The molecule has 0 atom stereocenters. The van der Waals surface area contributed by atoms with Crippen molar-refractivity contribution in [3.8, 4) is 11.5 Å². The van der Waals surface area contributed by atoms with Gasteiger partial charge in [-0.1, -0.05) is 30.7 Å². The SMILES string of the molecule is COc1ccc(CNS(=O)(=O)N2CCN(/C(C=N)=C(\OCC3(C)CC3)C(=O)Nc3cccc(Cl)c3)CC2)cc1OC. The van der Waals surface area contributed by atoms with Crippen LogP contribution in [-0.2, 0) is 26.3 Å². The Morgan fingerprint density at radius 1 is 1.07 bits per heavy atom. The number of allylic oxidation sites excluding steroid dienone is 1. The Morgan fingerprint density at radius 2 is 1.78 bits per heavy atom. The van der Waals surface area contributed by atoms with E-state index in [1.165, 1.54) is 18.5 Å². The normalized spacial score (nSPS) is 17.3. The van der Waals surface area contributed by atoms with E-state index in [2.05, 4.69) is 17.0 Å². The second kappa shape index (κ2) is 13.1. The maximum absolute atomic E-state index is 13.3. The molecule has 1 amide bonds. The van der Waals surface area contributed by atoms with Crippen molar-refractivity contribution in [2.24, 2.45) is 5.41 Å². The fraction of sp³-hybridized carbons (Fsp3) is 0.429. The molecule has 1 saturated heterocycles. The van der Waals surface area contributed by atoms with Gasteiger partial charge in [0, 0.05) is 55.1 Å². The van der Waals surface area contributed by atoms with Crippen molar-refractivity contribution in [1.29, 1.82) is 5.41 Å². The Hall–Kier alpha value is -3.32. The van der Waals surface area contributed by atoms with Crippen molar-refractivity contribution in [3.05, 3.63) is 64.5 Å². The zero-order valence-electron chi connectivity index (χ0n) is 23.4. The molecule has 0 spiro atoms. The molecule has 41 heavy (non-hydrogen) atoms. The van der Waals surface area contributed by atoms with Gasteiger partial charge < -0.3 is 29.8 Å². The molecule has 1 aliphatic carbocycles. The number of rotatable bonds is 13. The minimum Gasteiger partial charge on any atom is -0.493 e. The third-order valence-corrected chi connectivity index (χ3v) is 8.94. The van der Waals surface area contributed by atoms with Gasteiger partial charge in [0.2, 0.25) is 5.76 Å². The summed E-state index contributed by atoms with van der Waals surface area (Å²) in [4.78, 5) is 15.1. The summed E-state index contributed by atoms with van der Waals surface area (Å²) >= 11 is 6.07. The average Bonchev–Trinajstić information content (AvgIpc) is 3.71. The number of nitrogens with one attached hydrogen (secondary N) is 3. The summed E-state index contributed by atoms with van der Waals surface area (Å²) in [5.41, 5.74) is 1.52. The van der Waals surface area contributed by atoms with Crippen molar-refractivity contribution < 1.29 is 27.4 Å².